The molecular formula is C21H22F6N4O7. The zero-order valence-corrected chi connectivity index (χ0v) is 19.3. The first kappa shape index (κ1) is 30.5. The van der Waals surface area contributed by atoms with Crippen LogP contribution >= 0.6 is 0 Å². The molecule has 2 fully saturated rings. The number of nitrogens with zero attached hydrogens (tertiary/aromatic N) is 3. The second-order valence-electron chi connectivity index (χ2n) is 8.27. The van der Waals surface area contributed by atoms with E-state index in [9.17, 15) is 31.1 Å². The number of ether oxygens (including phenoxy) is 1. The van der Waals surface area contributed by atoms with Crippen LogP contribution in [0.25, 0.3) is 0 Å². The fraction of sp³-hybridized carbons (Fsp3) is 0.476. The van der Waals surface area contributed by atoms with Crippen molar-refractivity contribution in [3.05, 3.63) is 48.1 Å². The van der Waals surface area contributed by atoms with Gasteiger partial charge in [-0.2, -0.15) is 26.3 Å². The van der Waals surface area contributed by atoms with E-state index in [0.29, 0.717) is 19.1 Å². The molecular weight excluding hydrogens is 534 g/mol. The van der Waals surface area contributed by atoms with Crippen LogP contribution < -0.4 is 5.32 Å². The summed E-state index contributed by atoms with van der Waals surface area (Å²) in [6.45, 7) is 4.78. The van der Waals surface area contributed by atoms with Crippen LogP contribution in [-0.4, -0.2) is 88.3 Å². The molecule has 3 N–H and O–H groups in total. The lowest BCUT2D eigenvalue weighted by Gasteiger charge is -2.27. The van der Waals surface area contributed by atoms with Crippen LogP contribution in [0.3, 0.4) is 0 Å². The highest BCUT2D eigenvalue weighted by Crippen LogP contribution is 2.41. The number of carboxylic acid groups (broad SMARTS) is 2. The summed E-state index contributed by atoms with van der Waals surface area (Å²) >= 11 is 0. The lowest BCUT2D eigenvalue weighted by molar-refractivity contribution is -0.193. The van der Waals surface area contributed by atoms with Crippen molar-refractivity contribution >= 4 is 17.8 Å². The third kappa shape index (κ3) is 8.98. The summed E-state index contributed by atoms with van der Waals surface area (Å²) in [5.74, 6) is -5.06. The van der Waals surface area contributed by atoms with Crippen molar-refractivity contribution < 1.29 is 60.2 Å². The highest BCUT2D eigenvalue weighted by Gasteiger charge is 2.50. The molecule has 2 aromatic rings. The maximum absolute atomic E-state index is 12.1. The summed E-state index contributed by atoms with van der Waals surface area (Å²) < 4.78 is 74.1. The molecule has 0 radical (unpaired) electrons. The van der Waals surface area contributed by atoms with Crippen LogP contribution in [-0.2, 0) is 20.9 Å². The van der Waals surface area contributed by atoms with E-state index in [1.165, 1.54) is 11.8 Å². The molecule has 0 saturated carbocycles. The van der Waals surface area contributed by atoms with Gasteiger partial charge in [0.1, 0.15) is 0 Å². The van der Waals surface area contributed by atoms with Crippen LogP contribution in [0.2, 0.25) is 0 Å². The van der Waals surface area contributed by atoms with Crippen LogP contribution in [0, 0.1) is 11.3 Å². The Kier molecular flexibility index (Phi) is 10.2. The van der Waals surface area contributed by atoms with E-state index >= 15 is 0 Å². The molecule has 0 aliphatic carbocycles. The van der Waals surface area contributed by atoms with Crippen LogP contribution in [0.1, 0.15) is 16.1 Å². The zero-order chi connectivity index (χ0) is 28.6. The molecule has 2 aromatic heterocycles. The average molecular weight is 556 g/mol. The standard InChI is InChI=1S/C17H20N4O3.2C2HF3O2/c22-16(15-3-5-20-24-15)19-10-17-11-21(8-14(17)9-23-12-17)7-13-2-1-4-18-6-13;2*3-2(4,5)1(6)7/h1-6,14H,7-12H2,(H,19,22);2*(H,6,7)/t14-,17+;;/m1../s1. The van der Waals surface area contributed by atoms with Gasteiger partial charge in [-0.25, -0.2) is 9.59 Å². The molecule has 2 atom stereocenters. The summed E-state index contributed by atoms with van der Waals surface area (Å²) in [7, 11) is 0. The number of fused-ring (bicyclic) bond motifs is 1. The third-order valence-electron chi connectivity index (χ3n) is 5.47. The number of halogens is 6. The number of aliphatic carboxylic acids is 2. The Hall–Kier alpha value is -3.73. The molecule has 0 bridgehead atoms. The number of hydrogen-bond donors (Lipinski definition) is 3. The fourth-order valence-electron chi connectivity index (χ4n) is 3.74. The second kappa shape index (κ2) is 12.7. The van der Waals surface area contributed by atoms with E-state index in [2.05, 4.69) is 26.4 Å². The van der Waals surface area contributed by atoms with Crippen molar-refractivity contribution in [1.29, 1.82) is 0 Å². The summed E-state index contributed by atoms with van der Waals surface area (Å²) in [5.41, 5.74) is 1.18. The first-order valence-corrected chi connectivity index (χ1v) is 10.6. The maximum Gasteiger partial charge on any atom is 0.490 e. The van der Waals surface area contributed by atoms with Crippen LogP contribution in [0.15, 0.2) is 41.3 Å². The SMILES string of the molecule is O=C(NC[C@]12COC[C@H]1CN(Cc1cccnc1)C2)c1ccno1.O=C(O)C(F)(F)F.O=C(O)C(F)(F)F. The second-order valence-corrected chi connectivity index (χ2v) is 8.27. The molecule has 2 saturated heterocycles. The minimum atomic E-state index is -5.08. The number of rotatable bonds is 5. The summed E-state index contributed by atoms with van der Waals surface area (Å²) in [6, 6.07) is 5.62. The van der Waals surface area contributed by atoms with Crippen molar-refractivity contribution in [1.82, 2.24) is 20.4 Å². The molecule has 4 rings (SSSR count). The molecule has 2 aliphatic heterocycles. The predicted molar refractivity (Wildman–Crippen MR) is 112 cm³/mol. The van der Waals surface area contributed by atoms with Crippen molar-refractivity contribution in [2.75, 3.05) is 32.8 Å². The zero-order valence-electron chi connectivity index (χ0n) is 19.3. The molecule has 0 unspecified atom stereocenters. The number of aromatic nitrogens is 2. The number of nitrogens with one attached hydrogen (secondary N) is 1. The summed E-state index contributed by atoms with van der Waals surface area (Å²) in [5, 5.41) is 20.8. The van der Waals surface area contributed by atoms with E-state index in [4.69, 9.17) is 29.1 Å². The lowest BCUT2D eigenvalue weighted by atomic mass is 9.81. The number of amides is 1. The lowest BCUT2D eigenvalue weighted by Crippen LogP contribution is -2.43. The van der Waals surface area contributed by atoms with Crippen LogP contribution in [0.4, 0.5) is 26.3 Å². The molecule has 11 nitrogen and oxygen atoms in total. The van der Waals surface area contributed by atoms with Crippen molar-refractivity contribution in [2.24, 2.45) is 11.3 Å². The van der Waals surface area contributed by atoms with Gasteiger partial charge in [-0.05, 0) is 11.6 Å². The number of pyridine rings is 1. The van der Waals surface area contributed by atoms with Gasteiger partial charge in [0, 0.05) is 56.0 Å². The van der Waals surface area contributed by atoms with Crippen LogP contribution in [0.5, 0.6) is 0 Å². The molecule has 4 heterocycles. The fourth-order valence-corrected chi connectivity index (χ4v) is 3.74. The third-order valence-corrected chi connectivity index (χ3v) is 5.47. The van der Waals surface area contributed by atoms with Gasteiger partial charge in [-0.1, -0.05) is 11.2 Å². The quantitative estimate of drug-likeness (QED) is 0.467. The normalized spacial score (nSPS) is 20.8. The largest absolute Gasteiger partial charge is 0.490 e. The average Bonchev–Trinajstić information content (AvgIpc) is 3.54. The van der Waals surface area contributed by atoms with Gasteiger partial charge in [0.25, 0.3) is 5.91 Å². The number of hydrogen-bond acceptors (Lipinski definition) is 8. The van der Waals surface area contributed by atoms with Gasteiger partial charge in [-0.15, -0.1) is 0 Å². The van der Waals surface area contributed by atoms with Gasteiger partial charge >= 0.3 is 24.3 Å². The maximum atomic E-state index is 12.1. The molecule has 1 amide bonds. The van der Waals surface area contributed by atoms with E-state index in [-0.39, 0.29) is 17.1 Å². The highest BCUT2D eigenvalue weighted by molar-refractivity contribution is 5.91. The Morgan fingerprint density at radius 2 is 1.71 bits per heavy atom. The topological polar surface area (TPSA) is 155 Å². The van der Waals surface area contributed by atoms with Gasteiger partial charge in [-0.3, -0.25) is 14.7 Å². The number of carbonyl (C=O) groups is 3. The first-order chi connectivity index (χ1) is 17.6. The van der Waals surface area contributed by atoms with Gasteiger partial charge < -0.3 is 24.8 Å². The number of alkyl halides is 6. The Balaban J connectivity index is 0.000000301. The van der Waals surface area contributed by atoms with E-state index in [0.717, 1.165) is 26.2 Å². The van der Waals surface area contributed by atoms with Crippen molar-refractivity contribution in [2.45, 2.75) is 18.9 Å². The minimum absolute atomic E-state index is 0.0299. The van der Waals surface area contributed by atoms with Gasteiger partial charge in [0.15, 0.2) is 0 Å². The Bertz CT molecular complexity index is 1040. The highest BCUT2D eigenvalue weighted by atomic mass is 19.4. The van der Waals surface area contributed by atoms with E-state index < -0.39 is 24.3 Å². The molecule has 38 heavy (non-hydrogen) atoms. The molecule has 17 heteroatoms. The monoisotopic (exact) mass is 556 g/mol. The van der Waals surface area contributed by atoms with Crippen molar-refractivity contribution in [3.8, 4) is 0 Å². The van der Waals surface area contributed by atoms with E-state index in [1.54, 1.807) is 12.3 Å². The molecule has 0 spiro atoms. The number of carbonyl (C=O) groups excluding carboxylic acids is 1. The minimum Gasteiger partial charge on any atom is -0.475 e. The number of likely N-dealkylation sites (tertiary alicyclic amines) is 1. The van der Waals surface area contributed by atoms with Crippen molar-refractivity contribution in [3.63, 3.8) is 0 Å². The Morgan fingerprint density at radius 1 is 1.08 bits per heavy atom. The summed E-state index contributed by atoms with van der Waals surface area (Å²) in [4.78, 5) is 36.5. The Labute approximate surface area is 210 Å². The molecule has 0 aromatic carbocycles. The molecule has 210 valence electrons. The number of carboxylic acids is 2. The predicted octanol–water partition coefficient (Wildman–Crippen LogP) is 2.21. The first-order valence-electron chi connectivity index (χ1n) is 10.6. The van der Waals surface area contributed by atoms with Gasteiger partial charge in [0.05, 0.1) is 19.4 Å². The molecule has 2 aliphatic rings. The van der Waals surface area contributed by atoms with Gasteiger partial charge in [0.2, 0.25) is 5.76 Å². The summed E-state index contributed by atoms with van der Waals surface area (Å²) in [6.07, 6.45) is -5.00. The van der Waals surface area contributed by atoms with E-state index in [1.807, 2.05) is 12.3 Å². The Morgan fingerprint density at radius 3 is 2.21 bits per heavy atom. The smallest absolute Gasteiger partial charge is 0.475 e.